The molecule has 82 valence electrons. The Morgan fingerprint density at radius 1 is 1.53 bits per heavy atom. The summed E-state index contributed by atoms with van der Waals surface area (Å²) in [4.78, 5) is 8.35. The van der Waals surface area contributed by atoms with Crippen LogP contribution in [0.2, 0.25) is 5.15 Å². The predicted octanol–water partition coefficient (Wildman–Crippen LogP) is 2.10. The van der Waals surface area contributed by atoms with Crippen LogP contribution >= 0.6 is 11.6 Å². The van der Waals surface area contributed by atoms with Gasteiger partial charge in [-0.15, -0.1) is 0 Å². The molecule has 1 N–H and O–H groups in total. The molecule has 1 aromatic rings. The SMILES string of the molecule is COCc1nc(Cl)cc(NCC2CC2)n1. The van der Waals surface area contributed by atoms with Crippen molar-refractivity contribution in [3.05, 3.63) is 17.0 Å². The van der Waals surface area contributed by atoms with Gasteiger partial charge in [0.15, 0.2) is 5.82 Å². The molecule has 0 unspecified atom stereocenters. The first-order chi connectivity index (χ1) is 7.28. The van der Waals surface area contributed by atoms with E-state index in [9.17, 15) is 0 Å². The van der Waals surface area contributed by atoms with Crippen molar-refractivity contribution in [3.63, 3.8) is 0 Å². The van der Waals surface area contributed by atoms with Gasteiger partial charge in [-0.2, -0.15) is 0 Å². The summed E-state index contributed by atoms with van der Waals surface area (Å²) in [5.41, 5.74) is 0. The first-order valence-electron chi connectivity index (χ1n) is 5.04. The van der Waals surface area contributed by atoms with E-state index in [1.807, 2.05) is 0 Å². The summed E-state index contributed by atoms with van der Waals surface area (Å²) in [6.45, 7) is 1.36. The number of aromatic nitrogens is 2. The summed E-state index contributed by atoms with van der Waals surface area (Å²) in [6.07, 6.45) is 2.63. The quantitative estimate of drug-likeness (QED) is 0.783. The van der Waals surface area contributed by atoms with E-state index in [1.165, 1.54) is 12.8 Å². The molecule has 2 rings (SSSR count). The van der Waals surface area contributed by atoms with Gasteiger partial charge in [-0.1, -0.05) is 11.6 Å². The van der Waals surface area contributed by atoms with E-state index in [-0.39, 0.29) is 0 Å². The maximum absolute atomic E-state index is 5.87. The van der Waals surface area contributed by atoms with Crippen LogP contribution < -0.4 is 5.32 Å². The lowest BCUT2D eigenvalue weighted by Crippen LogP contribution is -2.07. The lowest BCUT2D eigenvalue weighted by atomic mass is 10.4. The van der Waals surface area contributed by atoms with Gasteiger partial charge in [0, 0.05) is 19.7 Å². The van der Waals surface area contributed by atoms with E-state index < -0.39 is 0 Å². The molecule has 0 spiro atoms. The number of nitrogens with zero attached hydrogens (tertiary/aromatic N) is 2. The minimum Gasteiger partial charge on any atom is -0.377 e. The van der Waals surface area contributed by atoms with Gasteiger partial charge in [-0.25, -0.2) is 9.97 Å². The molecule has 0 radical (unpaired) electrons. The number of ether oxygens (including phenoxy) is 1. The van der Waals surface area contributed by atoms with Crippen molar-refractivity contribution in [1.82, 2.24) is 9.97 Å². The zero-order valence-electron chi connectivity index (χ0n) is 8.66. The first kappa shape index (κ1) is 10.6. The number of hydrogen-bond acceptors (Lipinski definition) is 4. The van der Waals surface area contributed by atoms with Gasteiger partial charge >= 0.3 is 0 Å². The Kier molecular flexibility index (Phi) is 3.38. The van der Waals surface area contributed by atoms with Crippen molar-refractivity contribution in [2.24, 2.45) is 5.92 Å². The summed E-state index contributed by atoms with van der Waals surface area (Å²) in [5, 5.41) is 3.71. The van der Waals surface area contributed by atoms with E-state index in [1.54, 1.807) is 13.2 Å². The van der Waals surface area contributed by atoms with Crippen LogP contribution in [0.4, 0.5) is 5.82 Å². The third kappa shape index (κ3) is 3.32. The summed E-state index contributed by atoms with van der Waals surface area (Å²) in [6, 6.07) is 1.74. The molecule has 1 saturated carbocycles. The smallest absolute Gasteiger partial charge is 0.158 e. The summed E-state index contributed by atoms with van der Waals surface area (Å²) < 4.78 is 4.96. The average molecular weight is 228 g/mol. The van der Waals surface area contributed by atoms with E-state index in [4.69, 9.17) is 16.3 Å². The number of halogens is 1. The van der Waals surface area contributed by atoms with E-state index in [0.717, 1.165) is 18.3 Å². The highest BCUT2D eigenvalue weighted by molar-refractivity contribution is 6.29. The molecule has 1 aliphatic carbocycles. The second kappa shape index (κ2) is 4.77. The third-order valence-electron chi connectivity index (χ3n) is 2.28. The maximum Gasteiger partial charge on any atom is 0.158 e. The van der Waals surface area contributed by atoms with Gasteiger partial charge in [0.05, 0.1) is 0 Å². The summed E-state index contributed by atoms with van der Waals surface area (Å²) >= 11 is 5.87. The number of hydrogen-bond donors (Lipinski definition) is 1. The van der Waals surface area contributed by atoms with Crippen LogP contribution in [0, 0.1) is 5.92 Å². The minimum absolute atomic E-state index is 0.388. The van der Waals surface area contributed by atoms with Crippen molar-refractivity contribution >= 4 is 17.4 Å². The normalized spacial score (nSPS) is 15.3. The molecule has 1 fully saturated rings. The van der Waals surface area contributed by atoms with Gasteiger partial charge in [0.25, 0.3) is 0 Å². The highest BCUT2D eigenvalue weighted by Crippen LogP contribution is 2.28. The summed E-state index contributed by atoms with van der Waals surface area (Å²) in [7, 11) is 1.61. The van der Waals surface area contributed by atoms with Crippen LogP contribution in [-0.2, 0) is 11.3 Å². The van der Waals surface area contributed by atoms with Crippen LogP contribution in [-0.4, -0.2) is 23.6 Å². The zero-order valence-corrected chi connectivity index (χ0v) is 9.42. The standard InChI is InChI=1S/C10H14ClN3O/c1-15-6-10-13-8(11)4-9(14-10)12-5-7-2-3-7/h4,7H,2-3,5-6H2,1H3,(H,12,13,14). The van der Waals surface area contributed by atoms with Crippen LogP contribution in [0.15, 0.2) is 6.07 Å². The first-order valence-corrected chi connectivity index (χ1v) is 5.42. The van der Waals surface area contributed by atoms with Gasteiger partial charge in [-0.05, 0) is 18.8 Å². The summed E-state index contributed by atoms with van der Waals surface area (Å²) in [5.74, 6) is 2.21. The second-order valence-corrected chi connectivity index (χ2v) is 4.14. The molecule has 0 bridgehead atoms. The Labute approximate surface area is 94.0 Å². The minimum atomic E-state index is 0.388. The van der Waals surface area contributed by atoms with Crippen molar-refractivity contribution in [2.75, 3.05) is 19.0 Å². The van der Waals surface area contributed by atoms with E-state index in [2.05, 4.69) is 15.3 Å². The highest BCUT2D eigenvalue weighted by Gasteiger charge is 2.20. The largest absolute Gasteiger partial charge is 0.377 e. The molecule has 0 amide bonds. The van der Waals surface area contributed by atoms with E-state index >= 15 is 0 Å². The molecule has 0 aliphatic heterocycles. The lowest BCUT2D eigenvalue weighted by Gasteiger charge is -2.06. The number of nitrogens with one attached hydrogen (secondary N) is 1. The monoisotopic (exact) mass is 227 g/mol. The molecule has 0 atom stereocenters. The number of methoxy groups -OCH3 is 1. The van der Waals surface area contributed by atoms with Gasteiger partial charge < -0.3 is 10.1 Å². The van der Waals surface area contributed by atoms with Crippen LogP contribution in [0.3, 0.4) is 0 Å². The number of rotatable bonds is 5. The van der Waals surface area contributed by atoms with Crippen LogP contribution in [0.1, 0.15) is 18.7 Å². The van der Waals surface area contributed by atoms with E-state index in [0.29, 0.717) is 17.6 Å². The maximum atomic E-state index is 5.87. The van der Waals surface area contributed by atoms with Crippen LogP contribution in [0.5, 0.6) is 0 Å². The fourth-order valence-corrected chi connectivity index (χ4v) is 1.52. The fourth-order valence-electron chi connectivity index (χ4n) is 1.32. The van der Waals surface area contributed by atoms with Crippen molar-refractivity contribution in [2.45, 2.75) is 19.4 Å². The topological polar surface area (TPSA) is 47.0 Å². The van der Waals surface area contributed by atoms with Crippen molar-refractivity contribution < 1.29 is 4.74 Å². The Balaban J connectivity index is 2.00. The number of anilines is 1. The molecule has 0 saturated heterocycles. The van der Waals surface area contributed by atoms with Gasteiger partial charge in [-0.3, -0.25) is 0 Å². The fraction of sp³-hybridized carbons (Fsp3) is 0.600. The average Bonchev–Trinajstić information content (AvgIpc) is 2.98. The Bertz CT molecular complexity index is 341. The van der Waals surface area contributed by atoms with Crippen molar-refractivity contribution in [1.29, 1.82) is 0 Å². The molecule has 1 aliphatic rings. The highest BCUT2D eigenvalue weighted by atomic mass is 35.5. The third-order valence-corrected chi connectivity index (χ3v) is 2.48. The van der Waals surface area contributed by atoms with Crippen molar-refractivity contribution in [3.8, 4) is 0 Å². The molecule has 1 heterocycles. The molecule has 1 aromatic heterocycles. The molecule has 4 nitrogen and oxygen atoms in total. The zero-order chi connectivity index (χ0) is 10.7. The molecular weight excluding hydrogens is 214 g/mol. The van der Waals surface area contributed by atoms with Crippen LogP contribution in [0.25, 0.3) is 0 Å². The second-order valence-electron chi connectivity index (χ2n) is 3.75. The molecule has 0 aromatic carbocycles. The Hall–Kier alpha value is -0.870. The lowest BCUT2D eigenvalue weighted by molar-refractivity contribution is 0.178. The van der Waals surface area contributed by atoms with Gasteiger partial charge in [0.2, 0.25) is 0 Å². The Morgan fingerprint density at radius 2 is 2.33 bits per heavy atom. The molecule has 15 heavy (non-hydrogen) atoms. The molecule has 5 heteroatoms. The Morgan fingerprint density at radius 3 is 3.00 bits per heavy atom. The van der Waals surface area contributed by atoms with Gasteiger partial charge in [0.1, 0.15) is 17.6 Å². The predicted molar refractivity (Wildman–Crippen MR) is 59.0 cm³/mol. The molecular formula is C10H14ClN3O.